The molecule has 1 saturated carbocycles. The summed E-state index contributed by atoms with van der Waals surface area (Å²) in [6, 6.07) is 0. The van der Waals surface area contributed by atoms with E-state index in [0.717, 1.165) is 25.7 Å². The zero-order valence-electron chi connectivity index (χ0n) is 12.5. The Hall–Kier alpha value is -0.370. The van der Waals surface area contributed by atoms with Crippen LogP contribution in [0.5, 0.6) is 0 Å². The molecule has 0 amide bonds. The summed E-state index contributed by atoms with van der Waals surface area (Å²) < 4.78 is 0. The van der Waals surface area contributed by atoms with Gasteiger partial charge in [-0.25, -0.2) is 0 Å². The predicted molar refractivity (Wildman–Crippen MR) is 77.5 cm³/mol. The average molecular weight is 253 g/mol. The van der Waals surface area contributed by atoms with Crippen LogP contribution in [0, 0.1) is 11.8 Å². The number of Topliss-reactive ketones (excluding diaryl/α,β-unsaturated/α-hetero) is 1. The maximum atomic E-state index is 12.5. The average Bonchev–Trinajstić information content (AvgIpc) is 2.33. The van der Waals surface area contributed by atoms with Crippen LogP contribution < -0.4 is 5.73 Å². The molecule has 1 aliphatic carbocycles. The molecule has 0 aromatic rings. The zero-order chi connectivity index (χ0) is 13.6. The number of nitrogens with two attached hydrogens (primary N) is 1. The van der Waals surface area contributed by atoms with Crippen LogP contribution in [-0.4, -0.2) is 11.3 Å². The van der Waals surface area contributed by atoms with Gasteiger partial charge in [0.05, 0.1) is 5.54 Å². The van der Waals surface area contributed by atoms with Gasteiger partial charge in [0.15, 0.2) is 5.78 Å². The largest absolute Gasteiger partial charge is 0.319 e. The van der Waals surface area contributed by atoms with Crippen LogP contribution >= 0.6 is 0 Å². The number of hydrogen-bond donors (Lipinski definition) is 1. The van der Waals surface area contributed by atoms with Crippen molar-refractivity contribution in [1.29, 1.82) is 0 Å². The zero-order valence-corrected chi connectivity index (χ0v) is 12.5. The van der Waals surface area contributed by atoms with Crippen LogP contribution in [0.1, 0.15) is 78.6 Å². The fourth-order valence-electron chi connectivity index (χ4n) is 3.25. The van der Waals surface area contributed by atoms with Crippen molar-refractivity contribution in [2.24, 2.45) is 17.6 Å². The fourth-order valence-corrected chi connectivity index (χ4v) is 3.25. The van der Waals surface area contributed by atoms with Gasteiger partial charge in [-0.1, -0.05) is 59.3 Å². The van der Waals surface area contributed by atoms with E-state index in [0.29, 0.717) is 24.0 Å². The van der Waals surface area contributed by atoms with Gasteiger partial charge in [-0.15, -0.1) is 0 Å². The molecule has 106 valence electrons. The van der Waals surface area contributed by atoms with E-state index in [1.54, 1.807) is 0 Å². The maximum Gasteiger partial charge on any atom is 0.152 e. The van der Waals surface area contributed by atoms with Crippen molar-refractivity contribution in [2.75, 3.05) is 0 Å². The first kappa shape index (κ1) is 15.7. The highest BCUT2D eigenvalue weighted by molar-refractivity contribution is 5.88. The summed E-state index contributed by atoms with van der Waals surface area (Å²) in [5.41, 5.74) is 5.87. The minimum atomic E-state index is -0.503. The molecule has 0 heterocycles. The Morgan fingerprint density at radius 3 is 2.72 bits per heavy atom. The highest BCUT2D eigenvalue weighted by Gasteiger charge is 2.37. The minimum absolute atomic E-state index is 0.331. The van der Waals surface area contributed by atoms with E-state index in [1.807, 2.05) is 0 Å². The molecule has 0 aromatic carbocycles. The molecule has 1 fully saturated rings. The first-order chi connectivity index (χ1) is 8.51. The summed E-state index contributed by atoms with van der Waals surface area (Å²) in [6.45, 7) is 6.63. The Morgan fingerprint density at radius 1 is 1.44 bits per heavy atom. The Kier molecular flexibility index (Phi) is 6.34. The molecule has 2 N–H and O–H groups in total. The standard InChI is InChI=1S/C16H31NO/c1-4-6-9-14(5-2)11-15(18)16(17)10-7-8-13(3)12-16/h13-14H,4-12,17H2,1-3H3. The number of ketones is 1. The van der Waals surface area contributed by atoms with Crippen molar-refractivity contribution in [3.8, 4) is 0 Å². The molecule has 0 bridgehead atoms. The SMILES string of the molecule is CCCCC(CC)CC(=O)C1(N)CCCC(C)C1. The van der Waals surface area contributed by atoms with Crippen molar-refractivity contribution >= 4 is 5.78 Å². The molecule has 0 saturated heterocycles. The smallest absolute Gasteiger partial charge is 0.152 e. The Labute approximate surface area is 113 Å². The molecule has 3 atom stereocenters. The molecule has 0 aromatic heterocycles. The van der Waals surface area contributed by atoms with Gasteiger partial charge in [0, 0.05) is 6.42 Å². The number of hydrogen-bond acceptors (Lipinski definition) is 2. The van der Waals surface area contributed by atoms with Crippen molar-refractivity contribution in [2.45, 2.75) is 84.1 Å². The Bertz CT molecular complexity index is 264. The number of carbonyl (C=O) groups excluding carboxylic acids is 1. The minimum Gasteiger partial charge on any atom is -0.319 e. The third kappa shape index (κ3) is 4.38. The van der Waals surface area contributed by atoms with Crippen LogP contribution in [-0.2, 0) is 4.79 Å². The molecule has 0 aliphatic heterocycles. The van der Waals surface area contributed by atoms with Gasteiger partial charge in [0.2, 0.25) is 0 Å². The van der Waals surface area contributed by atoms with Gasteiger partial charge in [-0.05, 0) is 24.7 Å². The molecule has 1 rings (SSSR count). The first-order valence-corrected chi connectivity index (χ1v) is 7.84. The second-order valence-electron chi connectivity index (χ2n) is 6.40. The van der Waals surface area contributed by atoms with Crippen LogP contribution in [0.15, 0.2) is 0 Å². The normalized spacial score (nSPS) is 30.1. The van der Waals surface area contributed by atoms with E-state index in [2.05, 4.69) is 20.8 Å². The lowest BCUT2D eigenvalue weighted by atomic mass is 9.72. The van der Waals surface area contributed by atoms with E-state index in [4.69, 9.17) is 5.73 Å². The molecule has 1 aliphatic rings. The molecule has 0 spiro atoms. The van der Waals surface area contributed by atoms with E-state index < -0.39 is 5.54 Å². The molecule has 3 unspecified atom stereocenters. The Morgan fingerprint density at radius 2 is 2.17 bits per heavy atom. The highest BCUT2D eigenvalue weighted by Crippen LogP contribution is 2.33. The van der Waals surface area contributed by atoms with Crippen LogP contribution in [0.3, 0.4) is 0 Å². The summed E-state index contributed by atoms with van der Waals surface area (Å²) in [5.74, 6) is 1.50. The van der Waals surface area contributed by atoms with Gasteiger partial charge in [-0.2, -0.15) is 0 Å². The topological polar surface area (TPSA) is 43.1 Å². The predicted octanol–water partition coefficient (Wildman–Crippen LogP) is 4.07. The molecular weight excluding hydrogens is 222 g/mol. The summed E-state index contributed by atoms with van der Waals surface area (Å²) in [7, 11) is 0. The van der Waals surface area contributed by atoms with Crippen molar-refractivity contribution in [3.05, 3.63) is 0 Å². The molecule has 2 heteroatoms. The van der Waals surface area contributed by atoms with Gasteiger partial charge in [-0.3, -0.25) is 4.79 Å². The molecule has 18 heavy (non-hydrogen) atoms. The molecule has 0 radical (unpaired) electrons. The molecule has 2 nitrogen and oxygen atoms in total. The second-order valence-corrected chi connectivity index (χ2v) is 6.40. The van der Waals surface area contributed by atoms with Crippen molar-refractivity contribution in [1.82, 2.24) is 0 Å². The number of unbranched alkanes of at least 4 members (excludes halogenated alkanes) is 1. The van der Waals surface area contributed by atoms with Gasteiger partial charge >= 0.3 is 0 Å². The quantitative estimate of drug-likeness (QED) is 0.743. The van der Waals surface area contributed by atoms with Crippen molar-refractivity contribution in [3.63, 3.8) is 0 Å². The lowest BCUT2D eigenvalue weighted by Gasteiger charge is -2.36. The van der Waals surface area contributed by atoms with E-state index >= 15 is 0 Å². The van der Waals surface area contributed by atoms with Crippen LogP contribution in [0.2, 0.25) is 0 Å². The number of carbonyl (C=O) groups is 1. The van der Waals surface area contributed by atoms with E-state index in [1.165, 1.54) is 25.7 Å². The van der Waals surface area contributed by atoms with E-state index in [9.17, 15) is 4.79 Å². The van der Waals surface area contributed by atoms with Gasteiger partial charge < -0.3 is 5.73 Å². The monoisotopic (exact) mass is 253 g/mol. The maximum absolute atomic E-state index is 12.5. The van der Waals surface area contributed by atoms with Crippen LogP contribution in [0.25, 0.3) is 0 Å². The highest BCUT2D eigenvalue weighted by atomic mass is 16.1. The summed E-state index contributed by atoms with van der Waals surface area (Å²) >= 11 is 0. The third-order valence-electron chi connectivity index (χ3n) is 4.61. The summed E-state index contributed by atoms with van der Waals surface area (Å²) in [4.78, 5) is 12.5. The Balaban J connectivity index is 2.51. The lowest BCUT2D eigenvalue weighted by molar-refractivity contribution is -0.126. The number of rotatable bonds is 7. The summed E-state index contributed by atoms with van der Waals surface area (Å²) in [6.07, 6.45) is 9.61. The van der Waals surface area contributed by atoms with E-state index in [-0.39, 0.29) is 0 Å². The van der Waals surface area contributed by atoms with Crippen LogP contribution in [0.4, 0.5) is 0 Å². The second kappa shape index (κ2) is 7.28. The van der Waals surface area contributed by atoms with Gasteiger partial charge in [0.25, 0.3) is 0 Å². The van der Waals surface area contributed by atoms with Gasteiger partial charge in [0.1, 0.15) is 0 Å². The fraction of sp³-hybridized carbons (Fsp3) is 0.938. The molecular formula is C16H31NO. The summed E-state index contributed by atoms with van der Waals surface area (Å²) in [5, 5.41) is 0. The van der Waals surface area contributed by atoms with Crippen molar-refractivity contribution < 1.29 is 4.79 Å². The first-order valence-electron chi connectivity index (χ1n) is 7.84. The third-order valence-corrected chi connectivity index (χ3v) is 4.61. The lowest BCUT2D eigenvalue weighted by Crippen LogP contribution is -2.51.